The molecule has 0 bridgehead atoms. The first-order valence-corrected chi connectivity index (χ1v) is 13.5. The Kier molecular flexibility index (Phi) is 6.78. The van der Waals surface area contributed by atoms with Gasteiger partial charge in [0.05, 0.1) is 33.3 Å². The van der Waals surface area contributed by atoms with E-state index in [0.29, 0.717) is 64.7 Å². The fourth-order valence-corrected chi connectivity index (χ4v) is 5.22. The Labute approximate surface area is 238 Å². The van der Waals surface area contributed by atoms with Crippen molar-refractivity contribution in [3.63, 3.8) is 0 Å². The number of nitrogens with one attached hydrogen (secondary N) is 1. The van der Waals surface area contributed by atoms with Crippen molar-refractivity contribution in [2.45, 2.75) is 44.6 Å². The van der Waals surface area contributed by atoms with E-state index in [1.54, 1.807) is 30.3 Å². The molecule has 1 aliphatic heterocycles. The minimum absolute atomic E-state index is 0.0232. The monoisotopic (exact) mass is 573 g/mol. The molecular weight excluding hydrogens is 549 g/mol. The van der Waals surface area contributed by atoms with Gasteiger partial charge in [0.2, 0.25) is 0 Å². The normalized spacial score (nSPS) is 16.7. The number of aryl methyl sites for hydroxylation is 1. The van der Waals surface area contributed by atoms with Crippen LogP contribution in [0.2, 0.25) is 5.02 Å². The Hall–Kier alpha value is -4.57. The number of carboxylic acids is 1. The largest absolute Gasteiger partial charge is 0.481 e. The number of carboxylic acid groups (broad SMARTS) is 1. The average molecular weight is 574 g/mol. The van der Waals surface area contributed by atoms with Gasteiger partial charge in [0.1, 0.15) is 11.6 Å². The number of oxime groups is 1. The Morgan fingerprint density at radius 2 is 1.90 bits per heavy atom. The number of imidazole rings is 1. The lowest BCUT2D eigenvalue weighted by atomic mass is 9.95. The van der Waals surface area contributed by atoms with Gasteiger partial charge in [-0.05, 0) is 74.4 Å². The van der Waals surface area contributed by atoms with E-state index in [9.17, 15) is 14.0 Å². The highest BCUT2D eigenvalue weighted by atomic mass is 35.5. The van der Waals surface area contributed by atoms with Crippen LogP contribution in [0.15, 0.2) is 70.6 Å². The molecule has 3 heterocycles. The molecule has 3 aromatic carbocycles. The molecule has 2 aromatic heterocycles. The van der Waals surface area contributed by atoms with Crippen molar-refractivity contribution in [2.75, 3.05) is 0 Å². The second kappa shape index (κ2) is 10.4. The molecule has 11 heteroatoms. The maximum Gasteiger partial charge on any atom is 0.303 e. The van der Waals surface area contributed by atoms with E-state index in [0.717, 1.165) is 16.6 Å². The van der Waals surface area contributed by atoms with Gasteiger partial charge < -0.3 is 14.9 Å². The highest BCUT2D eigenvalue weighted by Gasteiger charge is 2.39. The average Bonchev–Trinajstić information content (AvgIpc) is 3.56. The summed E-state index contributed by atoms with van der Waals surface area (Å²) in [5.74, 6) is -0.207. The summed E-state index contributed by atoms with van der Waals surface area (Å²) in [4.78, 5) is 43.3. The molecule has 41 heavy (non-hydrogen) atoms. The third-order valence-electron chi connectivity index (χ3n) is 7.20. The van der Waals surface area contributed by atoms with Crippen LogP contribution in [0.1, 0.15) is 49.8 Å². The van der Waals surface area contributed by atoms with Crippen molar-refractivity contribution < 1.29 is 19.1 Å². The van der Waals surface area contributed by atoms with Crippen LogP contribution in [-0.2, 0) is 21.7 Å². The van der Waals surface area contributed by atoms with Gasteiger partial charge in [-0.25, -0.2) is 14.4 Å². The molecule has 1 atom stereocenters. The highest BCUT2D eigenvalue weighted by molar-refractivity contribution is 6.31. The fraction of sp³-hybridized carbons (Fsp3) is 0.233. The smallest absolute Gasteiger partial charge is 0.303 e. The minimum atomic E-state index is -0.880. The molecule has 0 saturated carbocycles. The molecule has 1 aliphatic rings. The van der Waals surface area contributed by atoms with Crippen LogP contribution in [0, 0.1) is 5.82 Å². The van der Waals surface area contributed by atoms with Gasteiger partial charge in [-0.2, -0.15) is 0 Å². The number of rotatable bonds is 8. The summed E-state index contributed by atoms with van der Waals surface area (Å²) in [7, 11) is 0. The third kappa shape index (κ3) is 5.18. The lowest BCUT2D eigenvalue weighted by Gasteiger charge is -2.18. The summed E-state index contributed by atoms with van der Waals surface area (Å²) in [6, 6.07) is 16.4. The van der Waals surface area contributed by atoms with E-state index < -0.39 is 17.4 Å². The number of fused-ring (bicyclic) bond motifs is 2. The Morgan fingerprint density at radius 1 is 1.10 bits per heavy atom. The molecule has 0 aliphatic carbocycles. The lowest BCUT2D eigenvalue weighted by molar-refractivity contribution is -0.137. The summed E-state index contributed by atoms with van der Waals surface area (Å²) in [5, 5.41) is 14.4. The van der Waals surface area contributed by atoms with Crippen molar-refractivity contribution in [2.24, 2.45) is 5.16 Å². The number of aromatic amines is 1. The van der Waals surface area contributed by atoms with Gasteiger partial charge in [-0.3, -0.25) is 14.2 Å². The second-order valence-electron chi connectivity index (χ2n) is 10.3. The molecular formula is C30H25ClFN5O4. The zero-order valence-electron chi connectivity index (χ0n) is 22.0. The van der Waals surface area contributed by atoms with Gasteiger partial charge in [0.15, 0.2) is 11.4 Å². The van der Waals surface area contributed by atoms with Crippen LogP contribution in [0.25, 0.3) is 27.6 Å². The van der Waals surface area contributed by atoms with Crippen LogP contribution in [0.3, 0.4) is 0 Å². The van der Waals surface area contributed by atoms with Crippen molar-refractivity contribution in [3.8, 4) is 5.69 Å². The summed E-state index contributed by atoms with van der Waals surface area (Å²) >= 11 is 6.12. The zero-order chi connectivity index (χ0) is 28.7. The molecule has 6 rings (SSSR count). The Morgan fingerprint density at radius 3 is 2.68 bits per heavy atom. The number of aliphatic carboxylic acids is 1. The minimum Gasteiger partial charge on any atom is -0.481 e. The van der Waals surface area contributed by atoms with Gasteiger partial charge in [-0.1, -0.05) is 22.8 Å². The van der Waals surface area contributed by atoms with Crippen LogP contribution < -0.4 is 5.56 Å². The number of halogens is 2. The molecule has 0 spiro atoms. The SMILES string of the molecule is CC1(c2nc3ccc(Cl)cc3[nH]2)CC(c2ccc3c(=O)n(-c4ccc(F)cc4)c(CCCCC(=O)O)nc3c2)=NO1. The van der Waals surface area contributed by atoms with E-state index in [2.05, 4.69) is 15.1 Å². The summed E-state index contributed by atoms with van der Waals surface area (Å²) in [6.07, 6.45) is 1.79. The second-order valence-corrected chi connectivity index (χ2v) is 10.7. The van der Waals surface area contributed by atoms with E-state index >= 15 is 0 Å². The summed E-state index contributed by atoms with van der Waals surface area (Å²) < 4.78 is 15.1. The molecule has 0 saturated heterocycles. The number of hydrogen-bond acceptors (Lipinski definition) is 6. The molecule has 2 N–H and O–H groups in total. The standard InChI is InChI=1S/C30H25ClFN5O4/c1-30(29-34-22-13-7-18(31)15-24(22)35-29)16-25(36-41-30)17-6-12-21-23(14-17)33-26(4-2-3-5-27(38)39)37(28(21)40)20-10-8-19(32)9-11-20/h6-15H,2-5,16H2,1H3,(H,34,35)(H,38,39). The fourth-order valence-electron chi connectivity index (χ4n) is 5.05. The van der Waals surface area contributed by atoms with Crippen LogP contribution in [0.4, 0.5) is 4.39 Å². The van der Waals surface area contributed by atoms with Crippen LogP contribution >= 0.6 is 11.6 Å². The van der Waals surface area contributed by atoms with E-state index in [4.69, 9.17) is 26.5 Å². The number of nitrogens with zero attached hydrogens (tertiary/aromatic N) is 4. The number of benzene rings is 3. The zero-order valence-corrected chi connectivity index (χ0v) is 22.8. The molecule has 1 unspecified atom stereocenters. The molecule has 0 amide bonds. The quantitative estimate of drug-likeness (QED) is 0.223. The topological polar surface area (TPSA) is 122 Å². The maximum atomic E-state index is 13.7. The summed E-state index contributed by atoms with van der Waals surface area (Å²) in [6.45, 7) is 1.90. The number of carbonyl (C=O) groups is 1. The van der Waals surface area contributed by atoms with Gasteiger partial charge in [0, 0.05) is 29.8 Å². The first-order valence-electron chi connectivity index (χ1n) is 13.1. The van der Waals surface area contributed by atoms with Crippen molar-refractivity contribution >= 4 is 45.2 Å². The first-order chi connectivity index (χ1) is 19.7. The first kappa shape index (κ1) is 26.6. The third-order valence-corrected chi connectivity index (χ3v) is 7.44. The van der Waals surface area contributed by atoms with Gasteiger partial charge >= 0.3 is 5.97 Å². The predicted octanol–water partition coefficient (Wildman–Crippen LogP) is 5.89. The predicted molar refractivity (Wildman–Crippen MR) is 153 cm³/mol. The van der Waals surface area contributed by atoms with E-state index in [1.165, 1.54) is 28.8 Å². The maximum absolute atomic E-state index is 13.7. The molecule has 9 nitrogen and oxygen atoms in total. The lowest BCUT2D eigenvalue weighted by Crippen LogP contribution is -2.25. The highest BCUT2D eigenvalue weighted by Crippen LogP contribution is 2.36. The van der Waals surface area contributed by atoms with Crippen LogP contribution in [-0.4, -0.2) is 36.3 Å². The van der Waals surface area contributed by atoms with Crippen LogP contribution in [0.5, 0.6) is 0 Å². The molecule has 208 valence electrons. The van der Waals surface area contributed by atoms with Gasteiger partial charge in [0.25, 0.3) is 5.56 Å². The summed E-state index contributed by atoms with van der Waals surface area (Å²) in [5.41, 5.74) is 2.85. The molecule has 0 fully saturated rings. The number of unbranched alkanes of at least 4 members (excludes halogenated alkanes) is 1. The number of H-pyrrole nitrogens is 1. The Balaban J connectivity index is 1.34. The number of hydrogen-bond donors (Lipinski definition) is 2. The van der Waals surface area contributed by atoms with E-state index in [1.807, 2.05) is 13.0 Å². The number of aromatic nitrogens is 4. The van der Waals surface area contributed by atoms with E-state index in [-0.39, 0.29) is 12.0 Å². The van der Waals surface area contributed by atoms with Crippen molar-refractivity contribution in [1.82, 2.24) is 19.5 Å². The molecule has 0 radical (unpaired) electrons. The van der Waals surface area contributed by atoms with Gasteiger partial charge in [-0.15, -0.1) is 0 Å². The van der Waals surface area contributed by atoms with Crippen molar-refractivity contribution in [3.05, 3.63) is 99.1 Å². The van der Waals surface area contributed by atoms with Crippen molar-refractivity contribution in [1.29, 1.82) is 0 Å². The Bertz CT molecular complexity index is 1900. The molecule has 5 aromatic rings.